The van der Waals surface area contributed by atoms with Gasteiger partial charge in [0.25, 0.3) is 0 Å². The molecule has 0 saturated heterocycles. The summed E-state index contributed by atoms with van der Waals surface area (Å²) in [5.74, 6) is 9.01. The molecule has 3 nitrogen and oxygen atoms in total. The number of ether oxygens (including phenoxy) is 1. The van der Waals surface area contributed by atoms with Crippen LogP contribution in [0, 0.1) is 29.2 Å². The molecule has 0 fully saturated rings. The molecule has 0 aromatic heterocycles. The fraction of sp³-hybridized carbons (Fsp3) is 0.571. The van der Waals surface area contributed by atoms with Crippen LogP contribution in [0.2, 0.25) is 19.6 Å². The van der Waals surface area contributed by atoms with Crippen LogP contribution in [-0.2, 0) is 9.53 Å². The standard InChI is InChI=1S/C21H32O3Si/c1-6-24-21(23)17-11-16-20(22)15-10-8-7-9-13-19(2)14-12-18-25(3,4)5/h7-9,13,19-20,22H,6,11,14,16-17H2,1-5H3/b8-7+,13-9+/t19-,20+/m0/s1. The minimum Gasteiger partial charge on any atom is -0.466 e. The average molecular weight is 361 g/mol. The highest BCUT2D eigenvalue weighted by atomic mass is 28.3. The predicted molar refractivity (Wildman–Crippen MR) is 107 cm³/mol. The number of carbonyl (C=O) groups is 1. The van der Waals surface area contributed by atoms with Gasteiger partial charge in [-0.1, -0.05) is 56.6 Å². The van der Waals surface area contributed by atoms with E-state index >= 15 is 0 Å². The molecule has 0 unspecified atom stereocenters. The third kappa shape index (κ3) is 16.9. The maximum absolute atomic E-state index is 11.2. The molecule has 1 N–H and O–H groups in total. The molecule has 0 aliphatic heterocycles. The van der Waals surface area contributed by atoms with E-state index < -0.39 is 14.2 Å². The first-order valence-electron chi connectivity index (χ1n) is 8.92. The first kappa shape index (κ1) is 23.2. The Morgan fingerprint density at radius 1 is 1.28 bits per heavy atom. The molecule has 2 atom stereocenters. The van der Waals surface area contributed by atoms with Crippen molar-refractivity contribution in [1.82, 2.24) is 0 Å². The Hall–Kier alpha value is -1.75. The first-order chi connectivity index (χ1) is 11.7. The molecule has 0 aliphatic rings. The highest BCUT2D eigenvalue weighted by Crippen LogP contribution is 2.04. The van der Waals surface area contributed by atoms with Gasteiger partial charge in [-0.05, 0) is 31.8 Å². The number of hydrogen-bond acceptors (Lipinski definition) is 3. The van der Waals surface area contributed by atoms with E-state index in [2.05, 4.69) is 55.9 Å². The summed E-state index contributed by atoms with van der Waals surface area (Å²) in [4.78, 5) is 11.2. The van der Waals surface area contributed by atoms with Crippen molar-refractivity contribution < 1.29 is 14.6 Å². The van der Waals surface area contributed by atoms with Crippen molar-refractivity contribution in [3.8, 4) is 23.3 Å². The second-order valence-electron chi connectivity index (χ2n) is 6.98. The van der Waals surface area contributed by atoms with Crippen molar-refractivity contribution in [3.05, 3.63) is 24.3 Å². The van der Waals surface area contributed by atoms with Crippen LogP contribution in [0.1, 0.15) is 39.5 Å². The minimum atomic E-state index is -1.27. The molecule has 0 bridgehead atoms. The predicted octanol–water partition coefficient (Wildman–Crippen LogP) is 4.10. The molecule has 25 heavy (non-hydrogen) atoms. The van der Waals surface area contributed by atoms with Crippen molar-refractivity contribution in [2.45, 2.75) is 65.3 Å². The lowest BCUT2D eigenvalue weighted by molar-refractivity contribution is -0.143. The lowest BCUT2D eigenvalue weighted by Crippen LogP contribution is -2.16. The van der Waals surface area contributed by atoms with Crippen molar-refractivity contribution in [3.63, 3.8) is 0 Å². The summed E-state index contributed by atoms with van der Waals surface area (Å²) in [7, 11) is -1.27. The van der Waals surface area contributed by atoms with Crippen LogP contribution in [0.15, 0.2) is 24.3 Å². The molecule has 0 radical (unpaired) electrons. The molecular weight excluding hydrogens is 328 g/mol. The zero-order chi connectivity index (χ0) is 19.1. The first-order valence-corrected chi connectivity index (χ1v) is 12.4. The quantitative estimate of drug-likeness (QED) is 0.307. The molecule has 0 heterocycles. The van der Waals surface area contributed by atoms with Crippen molar-refractivity contribution >= 4 is 14.0 Å². The van der Waals surface area contributed by atoms with Gasteiger partial charge < -0.3 is 9.84 Å². The van der Waals surface area contributed by atoms with E-state index in [4.69, 9.17) is 4.74 Å². The molecule has 4 heteroatoms. The topological polar surface area (TPSA) is 46.5 Å². The summed E-state index contributed by atoms with van der Waals surface area (Å²) in [5.41, 5.74) is 3.36. The van der Waals surface area contributed by atoms with Gasteiger partial charge >= 0.3 is 5.97 Å². The monoisotopic (exact) mass is 360 g/mol. The van der Waals surface area contributed by atoms with Crippen molar-refractivity contribution in [2.24, 2.45) is 5.92 Å². The van der Waals surface area contributed by atoms with Gasteiger partial charge in [0.2, 0.25) is 0 Å². The summed E-state index contributed by atoms with van der Waals surface area (Å²) in [6.07, 6.45) is 9.18. The Balaban J connectivity index is 4.05. The van der Waals surface area contributed by atoms with Gasteiger partial charge in [0.05, 0.1) is 6.61 Å². The third-order valence-electron chi connectivity index (χ3n) is 3.03. The Labute approximate surface area is 154 Å². The summed E-state index contributed by atoms with van der Waals surface area (Å²) in [6.45, 7) is 11.0. The zero-order valence-electron chi connectivity index (χ0n) is 16.3. The molecule has 0 rings (SSSR count). The van der Waals surface area contributed by atoms with E-state index in [0.717, 1.165) is 6.42 Å². The van der Waals surface area contributed by atoms with Gasteiger partial charge in [-0.3, -0.25) is 4.79 Å². The smallest absolute Gasteiger partial charge is 0.305 e. The van der Waals surface area contributed by atoms with Crippen LogP contribution >= 0.6 is 0 Å². The summed E-state index contributed by atoms with van der Waals surface area (Å²) >= 11 is 0. The van der Waals surface area contributed by atoms with Crippen LogP contribution < -0.4 is 0 Å². The van der Waals surface area contributed by atoms with Crippen LogP contribution in [0.5, 0.6) is 0 Å². The lowest BCUT2D eigenvalue weighted by Gasteiger charge is -2.04. The Morgan fingerprint density at radius 2 is 2.00 bits per heavy atom. The molecule has 0 spiro atoms. The fourth-order valence-electron chi connectivity index (χ4n) is 1.79. The number of esters is 1. The normalized spacial score (nSPS) is 13.7. The lowest BCUT2D eigenvalue weighted by atomic mass is 10.1. The summed E-state index contributed by atoms with van der Waals surface area (Å²) < 4.78 is 4.83. The average Bonchev–Trinajstić information content (AvgIpc) is 2.49. The molecule has 0 amide bonds. The van der Waals surface area contributed by atoms with Crippen LogP contribution in [0.4, 0.5) is 0 Å². The van der Waals surface area contributed by atoms with E-state index in [-0.39, 0.29) is 5.97 Å². The van der Waals surface area contributed by atoms with E-state index in [1.54, 1.807) is 13.0 Å². The Morgan fingerprint density at radius 3 is 2.64 bits per heavy atom. The Bertz CT molecular complexity index is 562. The van der Waals surface area contributed by atoms with Gasteiger partial charge in [0.15, 0.2) is 0 Å². The van der Waals surface area contributed by atoms with Gasteiger partial charge in [-0.25, -0.2) is 0 Å². The number of hydrogen-bond donors (Lipinski definition) is 1. The highest BCUT2D eigenvalue weighted by molar-refractivity contribution is 6.83. The SMILES string of the molecule is CCOC(=O)CCC[C@H](O)C#C/C=C/C=C/[C@H](C)CC#C[Si](C)(C)C. The maximum Gasteiger partial charge on any atom is 0.305 e. The number of aliphatic hydroxyl groups is 1. The fourth-order valence-corrected chi connectivity index (χ4v) is 2.42. The van der Waals surface area contributed by atoms with Gasteiger partial charge in [-0.15, -0.1) is 11.5 Å². The second kappa shape index (κ2) is 13.5. The van der Waals surface area contributed by atoms with E-state index in [1.165, 1.54) is 0 Å². The molecule has 0 aliphatic carbocycles. The number of allylic oxidation sites excluding steroid dienone is 4. The van der Waals surface area contributed by atoms with Gasteiger partial charge in [0.1, 0.15) is 14.2 Å². The molecule has 0 aromatic carbocycles. The van der Waals surface area contributed by atoms with Crippen LogP contribution in [-0.4, -0.2) is 31.9 Å². The molecule has 0 saturated carbocycles. The van der Waals surface area contributed by atoms with Gasteiger partial charge in [-0.2, -0.15) is 0 Å². The second-order valence-corrected chi connectivity index (χ2v) is 11.7. The number of rotatable bonds is 8. The highest BCUT2D eigenvalue weighted by Gasteiger charge is 2.07. The van der Waals surface area contributed by atoms with Crippen LogP contribution in [0.25, 0.3) is 0 Å². The van der Waals surface area contributed by atoms with Gasteiger partial charge in [0, 0.05) is 12.8 Å². The minimum absolute atomic E-state index is 0.226. The molecule has 0 aromatic rings. The number of aliphatic hydroxyl groups excluding tert-OH is 1. The van der Waals surface area contributed by atoms with Crippen LogP contribution in [0.3, 0.4) is 0 Å². The summed E-state index contributed by atoms with van der Waals surface area (Å²) in [5, 5.41) is 9.71. The van der Waals surface area contributed by atoms with Crippen molar-refractivity contribution in [1.29, 1.82) is 0 Å². The summed E-state index contributed by atoms with van der Waals surface area (Å²) in [6, 6.07) is 0. The zero-order valence-corrected chi connectivity index (χ0v) is 17.3. The molecular formula is C21H32O3Si. The van der Waals surface area contributed by atoms with E-state index in [1.807, 2.05) is 12.2 Å². The number of carbonyl (C=O) groups excluding carboxylic acids is 1. The maximum atomic E-state index is 11.2. The largest absolute Gasteiger partial charge is 0.466 e. The third-order valence-corrected chi connectivity index (χ3v) is 3.96. The van der Waals surface area contributed by atoms with E-state index in [0.29, 0.717) is 31.8 Å². The Kier molecular flexibility index (Phi) is 12.6. The molecule has 138 valence electrons. The van der Waals surface area contributed by atoms with Crippen molar-refractivity contribution in [2.75, 3.05) is 6.61 Å². The van der Waals surface area contributed by atoms with E-state index in [9.17, 15) is 9.90 Å².